The average Bonchev–Trinajstić information content (AvgIpc) is 3.12. The van der Waals surface area contributed by atoms with Gasteiger partial charge >= 0.3 is 0 Å². The van der Waals surface area contributed by atoms with E-state index in [9.17, 15) is 9.90 Å². The van der Waals surface area contributed by atoms with Crippen molar-refractivity contribution < 1.29 is 9.63 Å². The number of pyridine rings is 1. The van der Waals surface area contributed by atoms with Crippen molar-refractivity contribution in [1.82, 2.24) is 15.1 Å². The van der Waals surface area contributed by atoms with Crippen molar-refractivity contribution in [1.29, 1.82) is 0 Å². The first-order valence-electron chi connectivity index (χ1n) is 7.91. The molecule has 2 heterocycles. The Morgan fingerprint density at radius 2 is 1.92 bits per heavy atom. The summed E-state index contributed by atoms with van der Waals surface area (Å²) in [5.74, 6) is 0.173. The summed E-state index contributed by atoms with van der Waals surface area (Å²) in [6.45, 7) is 1.91. The van der Waals surface area contributed by atoms with E-state index in [1.807, 2.05) is 43.5 Å². The Bertz CT molecular complexity index is 1160. The lowest BCUT2D eigenvalue weighted by molar-refractivity contribution is 0.426. The second-order valence-electron chi connectivity index (χ2n) is 5.88. The number of aromatic hydroxyl groups is 1. The molecule has 7 heteroatoms. The van der Waals surface area contributed by atoms with Crippen molar-refractivity contribution in [3.05, 3.63) is 58.4 Å². The second kappa shape index (κ2) is 6.34. The van der Waals surface area contributed by atoms with Crippen LogP contribution in [-0.2, 0) is 0 Å². The van der Waals surface area contributed by atoms with Crippen molar-refractivity contribution >= 4 is 22.7 Å². The predicted octanol–water partition coefficient (Wildman–Crippen LogP) is 3.98. The Balaban J connectivity index is 1.83. The molecule has 0 atom stereocenters. The summed E-state index contributed by atoms with van der Waals surface area (Å²) in [5.41, 5.74) is 1.78. The first-order valence-corrected chi connectivity index (χ1v) is 9.13. The molecule has 6 nitrogen and oxygen atoms in total. The molecule has 0 aliphatic heterocycles. The maximum absolute atomic E-state index is 12.4. The van der Waals surface area contributed by atoms with Crippen molar-refractivity contribution in [2.24, 2.45) is 0 Å². The molecular formula is C19H15N3O3S. The SMILES string of the molecule is CSc1ccc(-c2noc(-c3c(O)c4cc(C)ccc4[nH]c3=O)n2)cc1. The van der Waals surface area contributed by atoms with Crippen LogP contribution >= 0.6 is 11.8 Å². The van der Waals surface area contributed by atoms with Crippen LogP contribution in [0.2, 0.25) is 0 Å². The number of nitrogens with one attached hydrogen (secondary N) is 1. The molecule has 0 unspecified atom stereocenters. The van der Waals surface area contributed by atoms with Crippen molar-refractivity contribution in [2.45, 2.75) is 11.8 Å². The first-order chi connectivity index (χ1) is 12.6. The molecule has 0 bridgehead atoms. The van der Waals surface area contributed by atoms with Crippen molar-refractivity contribution in [2.75, 3.05) is 6.26 Å². The number of fused-ring (bicyclic) bond motifs is 1. The average molecular weight is 365 g/mol. The van der Waals surface area contributed by atoms with Gasteiger partial charge in [-0.05, 0) is 49.6 Å². The fourth-order valence-electron chi connectivity index (χ4n) is 2.77. The minimum Gasteiger partial charge on any atom is -0.506 e. The number of aryl methyl sites for hydroxylation is 1. The molecule has 0 radical (unpaired) electrons. The molecule has 2 N–H and O–H groups in total. The molecule has 0 saturated carbocycles. The van der Waals surface area contributed by atoms with E-state index in [0.717, 1.165) is 16.0 Å². The number of thioether (sulfide) groups is 1. The third-order valence-electron chi connectivity index (χ3n) is 4.13. The number of hydrogen-bond donors (Lipinski definition) is 2. The maximum Gasteiger partial charge on any atom is 0.267 e. The Morgan fingerprint density at radius 1 is 1.15 bits per heavy atom. The molecular weight excluding hydrogens is 350 g/mol. The van der Waals surface area contributed by atoms with E-state index in [-0.39, 0.29) is 17.2 Å². The van der Waals surface area contributed by atoms with Crippen molar-refractivity contribution in [3.8, 4) is 28.6 Å². The molecule has 2 aromatic heterocycles. The van der Waals surface area contributed by atoms with Gasteiger partial charge in [0, 0.05) is 15.8 Å². The van der Waals surface area contributed by atoms with Gasteiger partial charge < -0.3 is 14.6 Å². The topological polar surface area (TPSA) is 92.0 Å². The number of H-pyrrole nitrogens is 1. The highest BCUT2D eigenvalue weighted by Gasteiger charge is 2.20. The van der Waals surface area contributed by atoms with E-state index in [4.69, 9.17) is 4.52 Å². The summed E-state index contributed by atoms with van der Waals surface area (Å²) in [7, 11) is 0. The van der Waals surface area contributed by atoms with Gasteiger partial charge in [-0.3, -0.25) is 4.79 Å². The minimum absolute atomic E-state index is 0.0175. The van der Waals surface area contributed by atoms with Crippen LogP contribution in [0.3, 0.4) is 0 Å². The molecule has 2 aromatic carbocycles. The third kappa shape index (κ3) is 2.76. The van der Waals surface area contributed by atoms with E-state index in [2.05, 4.69) is 15.1 Å². The van der Waals surface area contributed by atoms with Gasteiger partial charge in [-0.25, -0.2) is 0 Å². The number of aromatic amines is 1. The van der Waals surface area contributed by atoms with Crippen LogP contribution in [0.25, 0.3) is 33.7 Å². The summed E-state index contributed by atoms with van der Waals surface area (Å²) in [4.78, 5) is 20.6. The van der Waals surface area contributed by atoms with Crippen LogP contribution in [0.15, 0.2) is 56.7 Å². The lowest BCUT2D eigenvalue weighted by atomic mass is 10.1. The van der Waals surface area contributed by atoms with Gasteiger partial charge in [-0.1, -0.05) is 16.8 Å². The molecule has 0 saturated heterocycles. The Kier molecular flexibility index (Phi) is 4.00. The van der Waals surface area contributed by atoms with Crippen LogP contribution in [0.4, 0.5) is 0 Å². The van der Waals surface area contributed by atoms with E-state index in [1.54, 1.807) is 23.9 Å². The molecule has 4 aromatic rings. The highest BCUT2D eigenvalue weighted by atomic mass is 32.2. The number of aromatic nitrogens is 3. The van der Waals surface area contributed by atoms with Crippen LogP contribution in [0.5, 0.6) is 5.75 Å². The highest BCUT2D eigenvalue weighted by Crippen LogP contribution is 2.32. The normalized spacial score (nSPS) is 11.2. The van der Waals surface area contributed by atoms with Crippen molar-refractivity contribution in [3.63, 3.8) is 0 Å². The second-order valence-corrected chi connectivity index (χ2v) is 6.76. The van der Waals surface area contributed by atoms with E-state index >= 15 is 0 Å². The monoisotopic (exact) mass is 365 g/mol. The Labute approximate surface area is 152 Å². The number of rotatable bonds is 3. The summed E-state index contributed by atoms with van der Waals surface area (Å²) < 4.78 is 5.26. The van der Waals surface area contributed by atoms with Gasteiger partial charge in [0.2, 0.25) is 5.82 Å². The van der Waals surface area contributed by atoms with Crippen LogP contribution < -0.4 is 5.56 Å². The molecule has 0 aliphatic carbocycles. The molecule has 130 valence electrons. The Hall–Kier alpha value is -3.06. The lowest BCUT2D eigenvalue weighted by Crippen LogP contribution is -2.09. The van der Waals surface area contributed by atoms with Gasteiger partial charge in [0.25, 0.3) is 11.4 Å². The smallest absolute Gasteiger partial charge is 0.267 e. The molecule has 0 amide bonds. The number of hydrogen-bond acceptors (Lipinski definition) is 6. The van der Waals surface area contributed by atoms with Gasteiger partial charge in [0.15, 0.2) is 0 Å². The number of nitrogens with zero attached hydrogens (tertiary/aromatic N) is 2. The van der Waals surface area contributed by atoms with Crippen LogP contribution in [-0.4, -0.2) is 26.5 Å². The van der Waals surface area contributed by atoms with Crippen LogP contribution in [0.1, 0.15) is 5.56 Å². The van der Waals surface area contributed by atoms with Gasteiger partial charge in [-0.2, -0.15) is 4.98 Å². The number of benzene rings is 2. The zero-order chi connectivity index (χ0) is 18.3. The summed E-state index contributed by atoms with van der Waals surface area (Å²) >= 11 is 1.64. The third-order valence-corrected chi connectivity index (χ3v) is 4.87. The Morgan fingerprint density at radius 3 is 2.65 bits per heavy atom. The van der Waals surface area contributed by atoms with Gasteiger partial charge in [0.05, 0.1) is 5.52 Å². The van der Waals surface area contributed by atoms with Crippen LogP contribution in [0, 0.1) is 6.92 Å². The summed E-state index contributed by atoms with van der Waals surface area (Å²) in [6, 6.07) is 13.1. The maximum atomic E-state index is 12.4. The highest BCUT2D eigenvalue weighted by molar-refractivity contribution is 7.98. The molecule has 0 aliphatic rings. The lowest BCUT2D eigenvalue weighted by Gasteiger charge is -2.05. The minimum atomic E-state index is -0.480. The standard InChI is InChI=1S/C19H15N3O3S/c1-10-3-8-14-13(9-10)16(23)15(18(24)20-14)19-21-17(22-25-19)11-4-6-12(26-2)7-5-11/h3-9H,1-2H3,(H2,20,23,24). The van der Waals surface area contributed by atoms with Gasteiger partial charge in [0.1, 0.15) is 11.3 Å². The first kappa shape index (κ1) is 16.4. The molecule has 4 rings (SSSR count). The summed E-state index contributed by atoms with van der Waals surface area (Å²) in [6.07, 6.45) is 2.00. The summed E-state index contributed by atoms with van der Waals surface area (Å²) in [5, 5.41) is 15.1. The van der Waals surface area contributed by atoms with Gasteiger partial charge in [-0.15, -0.1) is 11.8 Å². The fraction of sp³-hybridized carbons (Fsp3) is 0.105. The zero-order valence-electron chi connectivity index (χ0n) is 14.1. The van der Waals surface area contributed by atoms with E-state index in [1.165, 1.54) is 0 Å². The van der Waals surface area contributed by atoms with E-state index < -0.39 is 5.56 Å². The predicted molar refractivity (Wildman–Crippen MR) is 101 cm³/mol. The van der Waals surface area contributed by atoms with E-state index in [0.29, 0.717) is 16.7 Å². The molecule has 26 heavy (non-hydrogen) atoms. The molecule has 0 fully saturated rings. The quantitative estimate of drug-likeness (QED) is 0.534. The zero-order valence-corrected chi connectivity index (χ0v) is 14.9. The fourth-order valence-corrected chi connectivity index (χ4v) is 3.18. The molecule has 0 spiro atoms. The largest absolute Gasteiger partial charge is 0.506 e.